The van der Waals surface area contributed by atoms with E-state index < -0.39 is 6.04 Å². The third kappa shape index (κ3) is 3.67. The molecule has 1 amide bonds. The highest BCUT2D eigenvalue weighted by atomic mass is 16.5. The molecule has 0 aromatic heterocycles. The van der Waals surface area contributed by atoms with Crippen LogP contribution in [0.3, 0.4) is 0 Å². The van der Waals surface area contributed by atoms with Crippen LogP contribution in [-0.2, 0) is 9.53 Å². The van der Waals surface area contributed by atoms with Crippen molar-refractivity contribution in [1.29, 1.82) is 5.26 Å². The van der Waals surface area contributed by atoms with E-state index >= 15 is 0 Å². The van der Waals surface area contributed by atoms with Crippen molar-refractivity contribution in [1.82, 2.24) is 4.90 Å². The van der Waals surface area contributed by atoms with Crippen LogP contribution in [0, 0.1) is 17.2 Å². The summed E-state index contributed by atoms with van der Waals surface area (Å²) in [6.07, 6.45) is 1.35. The fraction of sp³-hybridized carbons (Fsp3) is 0.417. The molecule has 2 fully saturated rings. The minimum atomic E-state index is -0.552. The summed E-state index contributed by atoms with van der Waals surface area (Å²) in [4.78, 5) is 14.6. The first-order chi connectivity index (χ1) is 14.7. The highest BCUT2D eigenvalue weighted by Gasteiger charge is 2.52. The number of ether oxygens (including phenoxy) is 2. The van der Waals surface area contributed by atoms with Crippen molar-refractivity contribution in [3.63, 3.8) is 0 Å². The van der Waals surface area contributed by atoms with Gasteiger partial charge in [0.25, 0.3) is 0 Å². The Morgan fingerprint density at radius 1 is 1.13 bits per heavy atom. The van der Waals surface area contributed by atoms with E-state index in [9.17, 15) is 15.2 Å². The highest BCUT2D eigenvalue weighted by Crippen LogP contribution is 2.42. The van der Waals surface area contributed by atoms with Crippen molar-refractivity contribution < 1.29 is 19.4 Å². The number of likely N-dealkylation sites (tertiary alicyclic amines) is 1. The zero-order valence-electron chi connectivity index (χ0n) is 17.0. The van der Waals surface area contributed by atoms with Gasteiger partial charge in [0.05, 0.1) is 25.8 Å². The number of methoxy groups -OCH3 is 1. The van der Waals surface area contributed by atoms with Gasteiger partial charge in [-0.05, 0) is 41.7 Å². The van der Waals surface area contributed by atoms with Gasteiger partial charge in [0.15, 0.2) is 0 Å². The number of rotatable bonds is 5. The number of aliphatic hydroxyl groups excluding tert-OH is 1. The van der Waals surface area contributed by atoms with Gasteiger partial charge in [-0.1, -0.05) is 36.4 Å². The smallest absolute Gasteiger partial charge is 0.227 e. The Bertz CT molecular complexity index is 914. The fourth-order valence-corrected chi connectivity index (χ4v) is 4.55. The molecule has 0 unspecified atom stereocenters. The maximum Gasteiger partial charge on any atom is 0.227 e. The topological polar surface area (TPSA) is 82.8 Å². The second kappa shape index (κ2) is 8.86. The minimum absolute atomic E-state index is 0.0324. The summed E-state index contributed by atoms with van der Waals surface area (Å²) < 4.78 is 10.6. The van der Waals surface area contributed by atoms with Gasteiger partial charge in [-0.25, -0.2) is 0 Å². The Labute approximate surface area is 176 Å². The first-order valence-corrected chi connectivity index (χ1v) is 10.3. The first-order valence-electron chi connectivity index (χ1n) is 10.3. The van der Waals surface area contributed by atoms with E-state index in [0.29, 0.717) is 26.1 Å². The van der Waals surface area contributed by atoms with Crippen LogP contribution in [0.4, 0.5) is 0 Å². The first kappa shape index (κ1) is 20.4. The molecule has 2 aromatic carbocycles. The summed E-state index contributed by atoms with van der Waals surface area (Å²) >= 11 is 0. The van der Waals surface area contributed by atoms with Crippen molar-refractivity contribution in [2.75, 3.05) is 26.9 Å². The summed E-state index contributed by atoms with van der Waals surface area (Å²) in [5.74, 6) is 0.465. The van der Waals surface area contributed by atoms with Gasteiger partial charge in [0, 0.05) is 25.0 Å². The molecular formula is C24H26N2O4. The van der Waals surface area contributed by atoms with Crippen LogP contribution in [0.2, 0.25) is 0 Å². The Morgan fingerprint density at radius 3 is 2.27 bits per heavy atom. The van der Waals surface area contributed by atoms with Gasteiger partial charge in [-0.15, -0.1) is 0 Å². The van der Waals surface area contributed by atoms with Gasteiger partial charge in [0.1, 0.15) is 11.8 Å². The molecule has 0 spiro atoms. The monoisotopic (exact) mass is 406 g/mol. The summed E-state index contributed by atoms with van der Waals surface area (Å²) in [5.41, 5.74) is 3.10. The van der Waals surface area contributed by atoms with E-state index in [0.717, 1.165) is 22.4 Å². The number of nitrogens with zero attached hydrogens (tertiary/aromatic N) is 2. The van der Waals surface area contributed by atoms with Crippen LogP contribution in [0.15, 0.2) is 48.5 Å². The van der Waals surface area contributed by atoms with Crippen molar-refractivity contribution in [3.05, 3.63) is 54.1 Å². The fourth-order valence-electron chi connectivity index (χ4n) is 4.55. The van der Waals surface area contributed by atoms with Gasteiger partial charge >= 0.3 is 0 Å². The Morgan fingerprint density at radius 2 is 1.73 bits per heavy atom. The quantitative estimate of drug-likeness (QED) is 0.825. The number of carbonyl (C=O) groups is 1. The third-order valence-corrected chi connectivity index (χ3v) is 6.27. The van der Waals surface area contributed by atoms with Crippen LogP contribution >= 0.6 is 0 Å². The lowest BCUT2D eigenvalue weighted by Crippen LogP contribution is -2.66. The average molecular weight is 406 g/mol. The SMILES string of the molecule is COc1ccc(-c2ccc([C@H]3[C@@H](CO)N(C(=O)C4CCOCC4)[C@H]3C#N)cc2)cc1. The Balaban J connectivity index is 1.52. The molecule has 0 bridgehead atoms. The Kier molecular flexibility index (Phi) is 6.03. The number of amides is 1. The van der Waals surface area contributed by atoms with E-state index in [1.807, 2.05) is 48.5 Å². The molecule has 2 aromatic rings. The molecule has 0 radical (unpaired) electrons. The van der Waals surface area contributed by atoms with Crippen molar-refractivity contribution in [2.24, 2.45) is 5.92 Å². The predicted octanol–water partition coefficient (Wildman–Crippen LogP) is 2.97. The van der Waals surface area contributed by atoms with Crippen LogP contribution < -0.4 is 4.74 Å². The van der Waals surface area contributed by atoms with Crippen LogP contribution in [0.25, 0.3) is 11.1 Å². The van der Waals surface area contributed by atoms with E-state index in [-0.39, 0.29) is 30.4 Å². The molecule has 1 N–H and O–H groups in total. The predicted molar refractivity (Wildman–Crippen MR) is 112 cm³/mol. The van der Waals surface area contributed by atoms with Crippen molar-refractivity contribution in [3.8, 4) is 22.9 Å². The van der Waals surface area contributed by atoms with Gasteiger partial charge in [-0.2, -0.15) is 5.26 Å². The number of aliphatic hydroxyl groups is 1. The molecule has 2 aliphatic rings. The van der Waals surface area contributed by atoms with Gasteiger partial charge < -0.3 is 19.5 Å². The summed E-state index contributed by atoms with van der Waals surface area (Å²) in [7, 11) is 1.64. The van der Waals surface area contributed by atoms with Gasteiger partial charge in [-0.3, -0.25) is 4.79 Å². The lowest BCUT2D eigenvalue weighted by molar-refractivity contribution is -0.154. The molecular weight excluding hydrogens is 380 g/mol. The number of carbonyl (C=O) groups excluding carboxylic acids is 1. The summed E-state index contributed by atoms with van der Waals surface area (Å²) in [6.45, 7) is 0.987. The molecule has 3 atom stereocenters. The zero-order valence-corrected chi connectivity index (χ0v) is 17.0. The minimum Gasteiger partial charge on any atom is -0.497 e. The molecule has 2 heterocycles. The van der Waals surface area contributed by atoms with E-state index in [1.54, 1.807) is 12.0 Å². The number of hydrogen-bond acceptors (Lipinski definition) is 5. The highest BCUT2D eigenvalue weighted by molar-refractivity contribution is 5.81. The maximum atomic E-state index is 13.0. The molecule has 2 aliphatic heterocycles. The number of nitriles is 1. The van der Waals surface area contributed by atoms with Crippen molar-refractivity contribution >= 4 is 5.91 Å². The number of benzene rings is 2. The molecule has 30 heavy (non-hydrogen) atoms. The van der Waals surface area contributed by atoms with Crippen LogP contribution in [0.5, 0.6) is 5.75 Å². The molecule has 6 heteroatoms. The standard InChI is InChI=1S/C24H26N2O4/c1-29-20-8-6-17(7-9-20)16-2-4-18(5-3-16)23-21(14-25)26(22(23)15-27)24(28)19-10-12-30-13-11-19/h2-9,19,21-23,27H,10-13,15H2,1H3/t21-,22+,23+/m0/s1. The maximum absolute atomic E-state index is 13.0. The zero-order chi connectivity index (χ0) is 21.1. The molecule has 2 saturated heterocycles. The largest absolute Gasteiger partial charge is 0.497 e. The molecule has 0 aliphatic carbocycles. The van der Waals surface area contributed by atoms with E-state index in [2.05, 4.69) is 6.07 Å². The van der Waals surface area contributed by atoms with Crippen molar-refractivity contribution in [2.45, 2.75) is 30.8 Å². The molecule has 156 valence electrons. The van der Waals surface area contributed by atoms with Crippen LogP contribution in [0.1, 0.15) is 24.3 Å². The molecule has 0 saturated carbocycles. The lowest BCUT2D eigenvalue weighted by Gasteiger charge is -2.52. The molecule has 4 rings (SSSR count). The lowest BCUT2D eigenvalue weighted by atomic mass is 9.74. The summed E-state index contributed by atoms with van der Waals surface area (Å²) in [6, 6.07) is 17.2. The Hall–Kier alpha value is -2.88. The van der Waals surface area contributed by atoms with E-state index in [4.69, 9.17) is 9.47 Å². The second-order valence-electron chi connectivity index (χ2n) is 7.83. The second-order valence-corrected chi connectivity index (χ2v) is 7.83. The van der Waals surface area contributed by atoms with E-state index in [1.165, 1.54) is 0 Å². The normalized spacial score (nSPS) is 24.0. The summed E-state index contributed by atoms with van der Waals surface area (Å²) in [5, 5.41) is 19.8. The molecule has 6 nitrogen and oxygen atoms in total. The number of hydrogen-bond donors (Lipinski definition) is 1. The average Bonchev–Trinajstić information content (AvgIpc) is 2.80. The third-order valence-electron chi connectivity index (χ3n) is 6.27. The van der Waals surface area contributed by atoms with Gasteiger partial charge in [0.2, 0.25) is 5.91 Å². The van der Waals surface area contributed by atoms with Crippen LogP contribution in [-0.4, -0.2) is 54.9 Å².